The normalized spacial score (nSPS) is 25.3. The maximum Gasteiger partial charge on any atom is 0.122 e. The number of nitrogens with one attached hydrogen (secondary N) is 1. The molecule has 2 aliphatic rings. The van der Waals surface area contributed by atoms with Crippen LogP contribution >= 0.6 is 11.8 Å². The number of ether oxygens (including phenoxy) is 1. The summed E-state index contributed by atoms with van der Waals surface area (Å²) in [6, 6.07) is 7.07. The van der Waals surface area contributed by atoms with E-state index in [1.807, 2.05) is 11.8 Å². The van der Waals surface area contributed by atoms with E-state index in [0.717, 1.165) is 24.7 Å². The molecular weight excluding hydrogens is 206 g/mol. The third-order valence-electron chi connectivity index (χ3n) is 2.98. The zero-order chi connectivity index (χ0) is 10.3. The summed E-state index contributed by atoms with van der Waals surface area (Å²) in [5, 5.41) is 4.89. The van der Waals surface area contributed by atoms with Crippen LogP contribution in [0.25, 0.3) is 0 Å². The molecule has 15 heavy (non-hydrogen) atoms. The predicted octanol–water partition coefficient (Wildman–Crippen LogP) is 2.18. The zero-order valence-electron chi connectivity index (χ0n) is 8.75. The van der Waals surface area contributed by atoms with Gasteiger partial charge in [-0.2, -0.15) is 0 Å². The van der Waals surface area contributed by atoms with Crippen LogP contribution in [0.3, 0.4) is 0 Å². The number of hydrogen-bond acceptors (Lipinski definition) is 3. The second-order valence-electron chi connectivity index (χ2n) is 4.00. The molecular formula is C12H14NOS. The average Bonchev–Trinajstić information content (AvgIpc) is 2.84. The Labute approximate surface area is 94.4 Å². The van der Waals surface area contributed by atoms with Gasteiger partial charge in [0.05, 0.1) is 11.9 Å². The highest BCUT2D eigenvalue weighted by molar-refractivity contribution is 8.02. The highest BCUT2D eigenvalue weighted by Gasteiger charge is 2.27. The van der Waals surface area contributed by atoms with E-state index in [4.69, 9.17) is 4.74 Å². The van der Waals surface area contributed by atoms with Crippen molar-refractivity contribution in [2.45, 2.75) is 19.4 Å². The standard InChI is InChI=1S/C12H14NOS/c1-8-12(15-7-13-8)10-2-3-11-9(6-10)4-5-14-11/h2-3,6,8,13H,4-5,7H2,1H3. The SMILES string of the molecule is CC1NCS[C]1c1ccc2c(c1)CCO2. The van der Waals surface area contributed by atoms with Crippen LogP contribution in [0.2, 0.25) is 0 Å². The second-order valence-corrected chi connectivity index (χ2v) is 5.02. The molecule has 0 bridgehead atoms. The number of hydrogen-bond donors (Lipinski definition) is 1. The van der Waals surface area contributed by atoms with Crippen molar-refractivity contribution in [3.8, 4) is 5.75 Å². The fourth-order valence-electron chi connectivity index (χ4n) is 2.14. The lowest BCUT2D eigenvalue weighted by atomic mass is 10.0. The van der Waals surface area contributed by atoms with Crippen LogP contribution in [-0.2, 0) is 6.42 Å². The van der Waals surface area contributed by atoms with Gasteiger partial charge in [-0.05, 0) is 24.1 Å². The predicted molar refractivity (Wildman–Crippen MR) is 63.0 cm³/mol. The molecule has 2 aliphatic heterocycles. The van der Waals surface area contributed by atoms with E-state index in [9.17, 15) is 0 Å². The molecule has 0 aliphatic carbocycles. The summed E-state index contributed by atoms with van der Waals surface area (Å²) in [5.41, 5.74) is 2.72. The third-order valence-corrected chi connectivity index (χ3v) is 4.20. The van der Waals surface area contributed by atoms with Crippen LogP contribution in [0.4, 0.5) is 0 Å². The Morgan fingerprint density at radius 1 is 1.47 bits per heavy atom. The van der Waals surface area contributed by atoms with Gasteiger partial charge in [-0.3, -0.25) is 0 Å². The summed E-state index contributed by atoms with van der Waals surface area (Å²) in [6.45, 7) is 3.06. The summed E-state index contributed by atoms with van der Waals surface area (Å²) in [6.07, 6.45) is 1.06. The number of fused-ring (bicyclic) bond motifs is 1. The number of thioether (sulfide) groups is 1. The van der Waals surface area contributed by atoms with Crippen molar-refractivity contribution in [2.75, 3.05) is 12.5 Å². The molecule has 2 heterocycles. The highest BCUT2D eigenvalue weighted by atomic mass is 32.2. The Hall–Kier alpha value is -0.670. The van der Waals surface area contributed by atoms with Gasteiger partial charge in [-0.1, -0.05) is 12.1 Å². The summed E-state index contributed by atoms with van der Waals surface area (Å²) in [4.78, 5) is 0. The first-order valence-corrected chi connectivity index (χ1v) is 6.32. The van der Waals surface area contributed by atoms with Crippen molar-refractivity contribution < 1.29 is 4.74 Å². The molecule has 2 nitrogen and oxygen atoms in total. The van der Waals surface area contributed by atoms with Crippen LogP contribution in [0.5, 0.6) is 5.75 Å². The van der Waals surface area contributed by atoms with Gasteiger partial charge in [0.15, 0.2) is 0 Å². The van der Waals surface area contributed by atoms with Crippen LogP contribution in [0.1, 0.15) is 18.1 Å². The van der Waals surface area contributed by atoms with Gasteiger partial charge in [-0.25, -0.2) is 0 Å². The van der Waals surface area contributed by atoms with Gasteiger partial charge in [0.2, 0.25) is 0 Å². The molecule has 79 valence electrons. The lowest BCUT2D eigenvalue weighted by Gasteiger charge is -2.14. The zero-order valence-corrected chi connectivity index (χ0v) is 9.56. The van der Waals surface area contributed by atoms with E-state index in [1.54, 1.807) is 0 Å². The second kappa shape index (κ2) is 3.72. The third kappa shape index (κ3) is 1.64. The van der Waals surface area contributed by atoms with Crippen LogP contribution < -0.4 is 10.1 Å². The molecule has 1 fully saturated rings. The lowest BCUT2D eigenvalue weighted by molar-refractivity contribution is 0.357. The van der Waals surface area contributed by atoms with E-state index in [0.29, 0.717) is 6.04 Å². The molecule has 1 aromatic rings. The Morgan fingerprint density at radius 3 is 3.20 bits per heavy atom. The van der Waals surface area contributed by atoms with Gasteiger partial charge in [-0.15, -0.1) is 11.8 Å². The molecule has 0 aromatic heterocycles. The smallest absolute Gasteiger partial charge is 0.122 e. The molecule has 0 spiro atoms. The number of rotatable bonds is 1. The average molecular weight is 220 g/mol. The van der Waals surface area contributed by atoms with Crippen LogP contribution in [0.15, 0.2) is 18.2 Å². The van der Waals surface area contributed by atoms with Crippen molar-refractivity contribution in [3.63, 3.8) is 0 Å². The molecule has 1 unspecified atom stereocenters. The first-order valence-electron chi connectivity index (χ1n) is 5.34. The van der Waals surface area contributed by atoms with Gasteiger partial charge in [0.25, 0.3) is 0 Å². The van der Waals surface area contributed by atoms with E-state index in [-0.39, 0.29) is 0 Å². The van der Waals surface area contributed by atoms with Gasteiger partial charge in [0, 0.05) is 18.3 Å². The van der Waals surface area contributed by atoms with Crippen LogP contribution in [0, 0.1) is 5.25 Å². The topological polar surface area (TPSA) is 21.3 Å². The Bertz CT molecular complexity index is 380. The maximum atomic E-state index is 5.51. The highest BCUT2D eigenvalue weighted by Crippen LogP contribution is 2.37. The monoisotopic (exact) mass is 220 g/mol. The summed E-state index contributed by atoms with van der Waals surface area (Å²) >= 11 is 1.91. The van der Waals surface area contributed by atoms with E-state index in [2.05, 4.69) is 30.4 Å². The molecule has 1 atom stereocenters. The van der Waals surface area contributed by atoms with Crippen molar-refractivity contribution >= 4 is 11.8 Å². The summed E-state index contributed by atoms with van der Waals surface area (Å²) in [5.74, 6) is 2.10. The van der Waals surface area contributed by atoms with E-state index >= 15 is 0 Å². The van der Waals surface area contributed by atoms with E-state index in [1.165, 1.54) is 16.4 Å². The molecule has 0 amide bonds. The first-order chi connectivity index (χ1) is 7.34. The van der Waals surface area contributed by atoms with Gasteiger partial charge < -0.3 is 10.1 Å². The largest absolute Gasteiger partial charge is 0.493 e. The maximum absolute atomic E-state index is 5.51. The van der Waals surface area contributed by atoms with Crippen molar-refractivity contribution in [1.82, 2.24) is 5.32 Å². The molecule has 3 heteroatoms. The Balaban J connectivity index is 1.92. The quantitative estimate of drug-likeness (QED) is 0.784. The minimum atomic E-state index is 0.496. The van der Waals surface area contributed by atoms with Gasteiger partial charge in [0.1, 0.15) is 5.75 Å². The summed E-state index contributed by atoms with van der Waals surface area (Å²) in [7, 11) is 0. The number of benzene rings is 1. The minimum Gasteiger partial charge on any atom is -0.493 e. The Kier molecular flexibility index (Phi) is 2.37. The van der Waals surface area contributed by atoms with E-state index < -0.39 is 0 Å². The molecule has 0 saturated carbocycles. The molecule has 1 saturated heterocycles. The van der Waals surface area contributed by atoms with Crippen LogP contribution in [-0.4, -0.2) is 18.5 Å². The van der Waals surface area contributed by atoms with Crippen molar-refractivity contribution in [2.24, 2.45) is 0 Å². The fraction of sp³-hybridized carbons (Fsp3) is 0.417. The summed E-state index contributed by atoms with van der Waals surface area (Å²) < 4.78 is 5.51. The lowest BCUT2D eigenvalue weighted by Crippen LogP contribution is -2.21. The molecule has 1 aromatic carbocycles. The first kappa shape index (κ1) is 9.55. The fourth-order valence-corrected chi connectivity index (χ4v) is 3.25. The Morgan fingerprint density at radius 2 is 2.40 bits per heavy atom. The molecule has 3 rings (SSSR count). The van der Waals surface area contributed by atoms with Crippen molar-refractivity contribution in [3.05, 3.63) is 34.6 Å². The molecule has 1 N–H and O–H groups in total. The minimum absolute atomic E-state index is 0.496. The van der Waals surface area contributed by atoms with Gasteiger partial charge >= 0.3 is 0 Å². The molecule has 1 radical (unpaired) electrons. The van der Waals surface area contributed by atoms with Crippen molar-refractivity contribution in [1.29, 1.82) is 0 Å².